The molecule has 0 spiro atoms. The molecular formula is C16H18N8O. The summed E-state index contributed by atoms with van der Waals surface area (Å²) in [6.07, 6.45) is 6.30. The lowest BCUT2D eigenvalue weighted by molar-refractivity contribution is 0.348. The van der Waals surface area contributed by atoms with Crippen molar-refractivity contribution in [2.45, 2.75) is 33.2 Å². The third kappa shape index (κ3) is 2.63. The molecule has 2 N–H and O–H groups in total. The second-order valence-corrected chi connectivity index (χ2v) is 6.75. The van der Waals surface area contributed by atoms with Gasteiger partial charge in [0.05, 0.1) is 29.3 Å². The number of H-pyrrole nitrogens is 1. The van der Waals surface area contributed by atoms with Crippen LogP contribution in [0.4, 0.5) is 11.5 Å². The first kappa shape index (κ1) is 15.3. The molecule has 9 heteroatoms. The van der Waals surface area contributed by atoms with E-state index >= 15 is 0 Å². The number of hydrogen-bond acceptors (Lipinski definition) is 7. The van der Waals surface area contributed by atoms with Gasteiger partial charge in [-0.05, 0) is 27.7 Å². The van der Waals surface area contributed by atoms with Crippen LogP contribution in [-0.4, -0.2) is 34.9 Å². The predicted molar refractivity (Wildman–Crippen MR) is 92.4 cm³/mol. The fourth-order valence-electron chi connectivity index (χ4n) is 2.70. The van der Waals surface area contributed by atoms with Gasteiger partial charge in [-0.1, -0.05) is 0 Å². The van der Waals surface area contributed by atoms with Gasteiger partial charge in [0.1, 0.15) is 23.0 Å². The van der Waals surface area contributed by atoms with Crippen LogP contribution in [0, 0.1) is 6.92 Å². The molecule has 9 nitrogen and oxygen atoms in total. The number of anilines is 2. The molecule has 0 aliphatic rings. The lowest BCUT2D eigenvalue weighted by Crippen LogP contribution is -2.24. The van der Waals surface area contributed by atoms with Gasteiger partial charge >= 0.3 is 0 Å². The molecule has 0 aliphatic carbocycles. The number of hydrogen-bond donors (Lipinski definition) is 2. The van der Waals surface area contributed by atoms with E-state index in [1.54, 1.807) is 12.4 Å². The van der Waals surface area contributed by atoms with Crippen molar-refractivity contribution in [3.63, 3.8) is 0 Å². The minimum absolute atomic E-state index is 0.106. The Hall–Kier alpha value is -3.23. The highest BCUT2D eigenvalue weighted by Crippen LogP contribution is 2.28. The number of nitrogens with one attached hydrogen (secondary N) is 2. The van der Waals surface area contributed by atoms with Crippen LogP contribution >= 0.6 is 0 Å². The molecule has 0 fully saturated rings. The molecule has 4 heterocycles. The molecule has 0 atom stereocenters. The van der Waals surface area contributed by atoms with Gasteiger partial charge < -0.3 is 9.73 Å². The molecule has 25 heavy (non-hydrogen) atoms. The van der Waals surface area contributed by atoms with Crippen molar-refractivity contribution in [2.75, 3.05) is 5.32 Å². The zero-order chi connectivity index (χ0) is 17.6. The minimum atomic E-state index is -0.106. The Bertz CT molecular complexity index is 1020. The van der Waals surface area contributed by atoms with Crippen molar-refractivity contribution < 1.29 is 4.42 Å². The summed E-state index contributed by atoms with van der Waals surface area (Å²) in [5.74, 6) is 1.07. The van der Waals surface area contributed by atoms with Crippen molar-refractivity contribution in [1.29, 1.82) is 0 Å². The van der Waals surface area contributed by atoms with Crippen LogP contribution in [-0.2, 0) is 5.54 Å². The first-order valence-electron chi connectivity index (χ1n) is 7.85. The summed E-state index contributed by atoms with van der Waals surface area (Å²) >= 11 is 0. The Kier molecular flexibility index (Phi) is 3.31. The summed E-state index contributed by atoms with van der Waals surface area (Å²) < 4.78 is 7.00. The average Bonchev–Trinajstić information content (AvgIpc) is 3.27. The number of aromatic nitrogens is 7. The van der Waals surface area contributed by atoms with E-state index in [0.717, 1.165) is 16.9 Å². The van der Waals surface area contributed by atoms with Crippen LogP contribution < -0.4 is 5.32 Å². The fraction of sp³-hybridized carbons (Fsp3) is 0.312. The Morgan fingerprint density at radius 2 is 2.04 bits per heavy atom. The molecule has 4 aromatic heterocycles. The zero-order valence-corrected chi connectivity index (χ0v) is 14.4. The molecule has 4 rings (SSSR count). The average molecular weight is 338 g/mol. The van der Waals surface area contributed by atoms with E-state index in [2.05, 4.69) is 56.3 Å². The standard InChI is InChI=1S/C16H18N8O/c1-9-10(6-19-24(9)16(2,3)4)20-15-13-11(5-18-23-13)21-14(22-15)12-7-25-8-17-12/h5-8H,1-4H3,(H,18,23)(H,20,21,22). The first-order valence-corrected chi connectivity index (χ1v) is 7.85. The Morgan fingerprint density at radius 1 is 1.20 bits per heavy atom. The van der Waals surface area contributed by atoms with E-state index in [-0.39, 0.29) is 5.54 Å². The maximum Gasteiger partial charge on any atom is 0.184 e. The van der Waals surface area contributed by atoms with Gasteiger partial charge in [-0.25, -0.2) is 15.0 Å². The molecule has 0 radical (unpaired) electrons. The second kappa shape index (κ2) is 5.40. The molecule has 0 bridgehead atoms. The van der Waals surface area contributed by atoms with E-state index < -0.39 is 0 Å². The van der Waals surface area contributed by atoms with Crippen LogP contribution in [0.25, 0.3) is 22.6 Å². The topological polar surface area (TPSA) is 110 Å². The number of aromatic amines is 1. The third-order valence-corrected chi connectivity index (χ3v) is 3.86. The largest absolute Gasteiger partial charge is 0.451 e. The highest BCUT2D eigenvalue weighted by molar-refractivity contribution is 5.88. The highest BCUT2D eigenvalue weighted by Gasteiger charge is 2.20. The van der Waals surface area contributed by atoms with Gasteiger partial charge in [0.25, 0.3) is 0 Å². The van der Waals surface area contributed by atoms with Crippen molar-refractivity contribution in [3.8, 4) is 11.5 Å². The van der Waals surface area contributed by atoms with Crippen LogP contribution in [0.3, 0.4) is 0 Å². The molecule has 0 aliphatic heterocycles. The molecule has 0 unspecified atom stereocenters. The van der Waals surface area contributed by atoms with E-state index in [0.29, 0.717) is 22.9 Å². The quantitative estimate of drug-likeness (QED) is 0.590. The zero-order valence-electron chi connectivity index (χ0n) is 14.4. The normalized spacial score (nSPS) is 12.0. The van der Waals surface area contributed by atoms with Crippen molar-refractivity contribution in [1.82, 2.24) is 34.9 Å². The maximum absolute atomic E-state index is 5.03. The van der Waals surface area contributed by atoms with Gasteiger partial charge in [-0.15, -0.1) is 0 Å². The smallest absolute Gasteiger partial charge is 0.184 e. The van der Waals surface area contributed by atoms with Crippen LogP contribution in [0.15, 0.2) is 29.5 Å². The Balaban J connectivity index is 1.79. The van der Waals surface area contributed by atoms with Gasteiger partial charge in [-0.2, -0.15) is 10.2 Å². The van der Waals surface area contributed by atoms with E-state index in [9.17, 15) is 0 Å². The molecule has 0 aromatic carbocycles. The highest BCUT2D eigenvalue weighted by atomic mass is 16.3. The van der Waals surface area contributed by atoms with Crippen molar-refractivity contribution in [2.24, 2.45) is 0 Å². The number of nitrogens with zero attached hydrogens (tertiary/aromatic N) is 6. The number of oxazole rings is 1. The summed E-state index contributed by atoms with van der Waals surface area (Å²) in [6, 6.07) is 0. The van der Waals surface area contributed by atoms with E-state index in [4.69, 9.17) is 4.42 Å². The van der Waals surface area contributed by atoms with E-state index in [1.165, 1.54) is 12.7 Å². The van der Waals surface area contributed by atoms with Crippen LogP contribution in [0.5, 0.6) is 0 Å². The Labute approximate surface area is 143 Å². The molecule has 0 amide bonds. The van der Waals surface area contributed by atoms with Gasteiger partial charge in [0.2, 0.25) is 0 Å². The summed E-state index contributed by atoms with van der Waals surface area (Å²) in [6.45, 7) is 8.34. The van der Waals surface area contributed by atoms with Crippen LogP contribution in [0.2, 0.25) is 0 Å². The first-order chi connectivity index (χ1) is 11.9. The maximum atomic E-state index is 5.03. The second-order valence-electron chi connectivity index (χ2n) is 6.75. The van der Waals surface area contributed by atoms with Gasteiger partial charge in [-0.3, -0.25) is 9.78 Å². The minimum Gasteiger partial charge on any atom is -0.451 e. The number of rotatable bonds is 3. The van der Waals surface area contributed by atoms with Crippen molar-refractivity contribution in [3.05, 3.63) is 30.7 Å². The third-order valence-electron chi connectivity index (χ3n) is 3.86. The SMILES string of the molecule is Cc1c(Nc2nc(-c3cocn3)nc3cn[nH]c23)cnn1C(C)(C)C. The number of fused-ring (bicyclic) bond motifs is 1. The van der Waals surface area contributed by atoms with Crippen LogP contribution in [0.1, 0.15) is 26.5 Å². The van der Waals surface area contributed by atoms with Gasteiger partial charge in [0.15, 0.2) is 18.0 Å². The molecule has 0 saturated carbocycles. The predicted octanol–water partition coefficient (Wildman–Crippen LogP) is 3.01. The van der Waals surface area contributed by atoms with E-state index in [1.807, 2.05) is 11.6 Å². The molecule has 128 valence electrons. The molecule has 0 saturated heterocycles. The Morgan fingerprint density at radius 3 is 2.72 bits per heavy atom. The lowest BCUT2D eigenvalue weighted by atomic mass is 10.1. The monoisotopic (exact) mass is 338 g/mol. The van der Waals surface area contributed by atoms with Crippen molar-refractivity contribution >= 4 is 22.5 Å². The van der Waals surface area contributed by atoms with Gasteiger partial charge in [0, 0.05) is 0 Å². The summed E-state index contributed by atoms with van der Waals surface area (Å²) in [5, 5.41) is 14.8. The summed E-state index contributed by atoms with van der Waals surface area (Å²) in [5.41, 5.74) is 3.75. The fourth-order valence-corrected chi connectivity index (χ4v) is 2.70. The lowest BCUT2D eigenvalue weighted by Gasteiger charge is -2.21. The summed E-state index contributed by atoms with van der Waals surface area (Å²) in [4.78, 5) is 13.1. The molecular weight excluding hydrogens is 320 g/mol. The molecule has 4 aromatic rings. The summed E-state index contributed by atoms with van der Waals surface area (Å²) in [7, 11) is 0.